The molecule has 0 unspecified atom stereocenters. The third-order valence-corrected chi connectivity index (χ3v) is 4.87. The van der Waals surface area contributed by atoms with Crippen LogP contribution in [0.1, 0.15) is 32.7 Å². The topological polar surface area (TPSA) is 66.4 Å². The predicted molar refractivity (Wildman–Crippen MR) is 98.9 cm³/mol. The lowest BCUT2D eigenvalue weighted by Gasteiger charge is -2.34. The van der Waals surface area contributed by atoms with E-state index in [1.54, 1.807) is 11.1 Å². The zero-order valence-electron chi connectivity index (χ0n) is 15.5. The van der Waals surface area contributed by atoms with E-state index in [0.29, 0.717) is 38.3 Å². The van der Waals surface area contributed by atoms with Gasteiger partial charge < -0.3 is 9.80 Å². The van der Waals surface area contributed by atoms with Gasteiger partial charge in [0.2, 0.25) is 5.91 Å². The van der Waals surface area contributed by atoms with Gasteiger partial charge in [0.1, 0.15) is 5.69 Å². The molecule has 136 valence electrons. The van der Waals surface area contributed by atoms with Crippen molar-refractivity contribution in [3.63, 3.8) is 0 Å². The normalized spacial score (nSPS) is 14.4. The van der Waals surface area contributed by atoms with Gasteiger partial charge in [-0.15, -0.1) is 0 Å². The van der Waals surface area contributed by atoms with Crippen molar-refractivity contribution >= 4 is 11.8 Å². The Bertz CT molecular complexity index is 789. The second-order valence-corrected chi connectivity index (χ2v) is 6.82. The van der Waals surface area contributed by atoms with Crippen molar-refractivity contribution in [2.75, 3.05) is 26.2 Å². The van der Waals surface area contributed by atoms with Crippen molar-refractivity contribution in [3.05, 3.63) is 58.7 Å². The predicted octanol–water partition coefficient (Wildman–Crippen LogP) is 1.93. The number of benzene rings is 1. The fourth-order valence-electron chi connectivity index (χ4n) is 3.48. The summed E-state index contributed by atoms with van der Waals surface area (Å²) in [6.07, 6.45) is 4.94. The highest BCUT2D eigenvalue weighted by molar-refractivity contribution is 5.92. The van der Waals surface area contributed by atoms with Gasteiger partial charge in [-0.2, -0.15) is 0 Å². The van der Waals surface area contributed by atoms with E-state index in [1.165, 1.54) is 18.0 Å². The Morgan fingerprint density at radius 1 is 0.962 bits per heavy atom. The summed E-state index contributed by atoms with van der Waals surface area (Å²) in [5.74, 6) is -0.0120. The number of hydrogen-bond donors (Lipinski definition) is 0. The van der Waals surface area contributed by atoms with Crippen LogP contribution in [-0.4, -0.2) is 57.8 Å². The van der Waals surface area contributed by atoms with Crippen LogP contribution in [0.15, 0.2) is 30.7 Å². The number of rotatable bonds is 3. The largest absolute Gasteiger partial charge is 0.339 e. The first kappa shape index (κ1) is 18.0. The summed E-state index contributed by atoms with van der Waals surface area (Å²) in [6.45, 7) is 8.32. The Morgan fingerprint density at radius 3 is 2.15 bits per heavy atom. The number of piperazine rings is 1. The maximum absolute atomic E-state index is 12.7. The van der Waals surface area contributed by atoms with Crippen molar-refractivity contribution in [2.45, 2.75) is 27.2 Å². The van der Waals surface area contributed by atoms with Crippen LogP contribution in [0.4, 0.5) is 0 Å². The first-order valence-electron chi connectivity index (χ1n) is 8.85. The Morgan fingerprint density at radius 2 is 1.58 bits per heavy atom. The molecule has 1 aromatic carbocycles. The molecule has 1 aliphatic rings. The molecule has 0 bridgehead atoms. The number of nitrogens with zero attached hydrogens (tertiary/aromatic N) is 4. The van der Waals surface area contributed by atoms with Gasteiger partial charge in [-0.05, 0) is 37.5 Å². The van der Waals surface area contributed by atoms with E-state index in [-0.39, 0.29) is 11.8 Å². The summed E-state index contributed by atoms with van der Waals surface area (Å²) in [5.41, 5.74) is 4.99. The van der Waals surface area contributed by atoms with Crippen molar-refractivity contribution in [2.24, 2.45) is 0 Å². The molecule has 1 fully saturated rings. The quantitative estimate of drug-likeness (QED) is 0.847. The molecular formula is C20H24N4O2. The van der Waals surface area contributed by atoms with E-state index in [4.69, 9.17) is 0 Å². The van der Waals surface area contributed by atoms with Gasteiger partial charge in [-0.3, -0.25) is 14.6 Å². The van der Waals surface area contributed by atoms with Gasteiger partial charge in [-0.25, -0.2) is 4.98 Å². The van der Waals surface area contributed by atoms with E-state index >= 15 is 0 Å². The highest BCUT2D eigenvalue weighted by Crippen LogP contribution is 2.18. The molecule has 2 amide bonds. The molecule has 3 rings (SSSR count). The third kappa shape index (κ3) is 3.90. The standard InChI is InChI=1S/C20H24N4O2/c1-14-10-15(2)17(16(3)11-14)12-19(25)23-6-8-24(9-7-23)20(26)18-13-21-4-5-22-18/h4-5,10-11,13H,6-9,12H2,1-3H3. The minimum absolute atomic E-state index is 0.117. The van der Waals surface area contributed by atoms with Gasteiger partial charge >= 0.3 is 0 Å². The van der Waals surface area contributed by atoms with Crippen LogP contribution < -0.4 is 0 Å². The molecule has 2 aromatic rings. The molecule has 26 heavy (non-hydrogen) atoms. The molecule has 6 heteroatoms. The first-order valence-corrected chi connectivity index (χ1v) is 8.85. The fourth-order valence-corrected chi connectivity index (χ4v) is 3.48. The third-order valence-electron chi connectivity index (χ3n) is 4.87. The van der Waals surface area contributed by atoms with Gasteiger partial charge in [0.05, 0.1) is 12.6 Å². The maximum Gasteiger partial charge on any atom is 0.274 e. The Hall–Kier alpha value is -2.76. The summed E-state index contributed by atoms with van der Waals surface area (Å²) in [6, 6.07) is 4.24. The maximum atomic E-state index is 12.7. The lowest BCUT2D eigenvalue weighted by molar-refractivity contribution is -0.131. The molecule has 1 saturated heterocycles. The monoisotopic (exact) mass is 352 g/mol. The molecule has 1 aliphatic heterocycles. The summed E-state index contributed by atoms with van der Waals surface area (Å²) in [4.78, 5) is 36.7. The van der Waals surface area contributed by atoms with E-state index in [1.807, 2.05) is 4.90 Å². The highest BCUT2D eigenvalue weighted by Gasteiger charge is 2.26. The second kappa shape index (κ2) is 7.64. The number of aromatic nitrogens is 2. The van der Waals surface area contributed by atoms with E-state index < -0.39 is 0 Å². The van der Waals surface area contributed by atoms with Crippen molar-refractivity contribution in [1.29, 1.82) is 0 Å². The zero-order chi connectivity index (χ0) is 18.7. The molecule has 0 saturated carbocycles. The van der Waals surface area contributed by atoms with Crippen LogP contribution in [0.2, 0.25) is 0 Å². The minimum Gasteiger partial charge on any atom is -0.339 e. The van der Waals surface area contributed by atoms with Crippen LogP contribution >= 0.6 is 0 Å². The second-order valence-electron chi connectivity index (χ2n) is 6.82. The average Bonchev–Trinajstić information content (AvgIpc) is 2.64. The number of amides is 2. The molecule has 2 heterocycles. The summed E-state index contributed by atoms with van der Waals surface area (Å²) >= 11 is 0. The van der Waals surface area contributed by atoms with Crippen LogP contribution in [0.5, 0.6) is 0 Å². The smallest absolute Gasteiger partial charge is 0.274 e. The Kier molecular flexibility index (Phi) is 5.30. The number of aryl methyl sites for hydroxylation is 3. The molecule has 0 N–H and O–H groups in total. The highest BCUT2D eigenvalue weighted by atomic mass is 16.2. The lowest BCUT2D eigenvalue weighted by Crippen LogP contribution is -2.51. The molecule has 6 nitrogen and oxygen atoms in total. The Balaban J connectivity index is 1.60. The summed E-state index contributed by atoms with van der Waals surface area (Å²) in [5, 5.41) is 0. The summed E-state index contributed by atoms with van der Waals surface area (Å²) < 4.78 is 0. The molecule has 0 radical (unpaired) electrons. The molecule has 0 spiro atoms. The van der Waals surface area contributed by atoms with Gasteiger partial charge in [0.25, 0.3) is 5.91 Å². The van der Waals surface area contributed by atoms with E-state index in [9.17, 15) is 9.59 Å². The van der Waals surface area contributed by atoms with Crippen molar-refractivity contribution in [3.8, 4) is 0 Å². The lowest BCUT2D eigenvalue weighted by atomic mass is 9.97. The van der Waals surface area contributed by atoms with Crippen LogP contribution in [0.3, 0.4) is 0 Å². The van der Waals surface area contributed by atoms with Crippen LogP contribution in [0, 0.1) is 20.8 Å². The molecular weight excluding hydrogens is 328 g/mol. The van der Waals surface area contributed by atoms with Crippen LogP contribution in [0.25, 0.3) is 0 Å². The first-order chi connectivity index (χ1) is 12.5. The minimum atomic E-state index is -0.129. The molecule has 0 atom stereocenters. The number of carbonyl (C=O) groups is 2. The van der Waals surface area contributed by atoms with Gasteiger partial charge in [-0.1, -0.05) is 17.7 Å². The average molecular weight is 352 g/mol. The molecule has 0 aliphatic carbocycles. The fraction of sp³-hybridized carbons (Fsp3) is 0.400. The van der Waals surface area contributed by atoms with Gasteiger partial charge in [0, 0.05) is 38.6 Å². The van der Waals surface area contributed by atoms with Gasteiger partial charge in [0.15, 0.2) is 0 Å². The zero-order valence-corrected chi connectivity index (χ0v) is 15.5. The van der Waals surface area contributed by atoms with Crippen LogP contribution in [-0.2, 0) is 11.2 Å². The van der Waals surface area contributed by atoms with E-state index in [2.05, 4.69) is 42.9 Å². The van der Waals surface area contributed by atoms with E-state index in [0.717, 1.165) is 16.7 Å². The van der Waals surface area contributed by atoms with Crippen molar-refractivity contribution < 1.29 is 9.59 Å². The number of carbonyl (C=O) groups excluding carboxylic acids is 2. The summed E-state index contributed by atoms with van der Waals surface area (Å²) in [7, 11) is 0. The SMILES string of the molecule is Cc1cc(C)c(CC(=O)N2CCN(C(=O)c3cnccn3)CC2)c(C)c1. The molecule has 1 aromatic heterocycles. The van der Waals surface area contributed by atoms with Crippen molar-refractivity contribution in [1.82, 2.24) is 19.8 Å². The number of hydrogen-bond acceptors (Lipinski definition) is 4. The Labute approximate surface area is 153 Å².